The van der Waals surface area contributed by atoms with E-state index in [2.05, 4.69) is 5.32 Å². The smallest absolute Gasteiger partial charge is 0.255 e. The summed E-state index contributed by atoms with van der Waals surface area (Å²) >= 11 is 0. The Balaban J connectivity index is 1.61. The van der Waals surface area contributed by atoms with Crippen LogP contribution in [0.4, 0.5) is 10.1 Å². The summed E-state index contributed by atoms with van der Waals surface area (Å²) in [6.07, 6.45) is 8.02. The summed E-state index contributed by atoms with van der Waals surface area (Å²) < 4.78 is 66.9. The van der Waals surface area contributed by atoms with Gasteiger partial charge in [0.15, 0.2) is 0 Å². The predicted octanol–water partition coefficient (Wildman–Crippen LogP) is 5.07. The molecule has 2 aromatic carbocycles. The SMILES string of the molecule is CNC(=O)c1c(C2=CC=C(F)CC2)oc2cc(N(C)S(C)([OH2+])[OH2+])c([C@H]3CCCN(S(=O)(=O)/C=C/c4ccccc4)C3)cc12. The van der Waals surface area contributed by atoms with Crippen molar-refractivity contribution < 1.29 is 31.1 Å². The van der Waals surface area contributed by atoms with E-state index in [1.54, 1.807) is 29.6 Å². The fraction of sp³-hybridized carbons (Fsp3) is 0.323. The van der Waals surface area contributed by atoms with Crippen LogP contribution in [-0.4, -0.2) is 61.2 Å². The van der Waals surface area contributed by atoms with Crippen molar-refractivity contribution in [1.82, 2.24) is 9.62 Å². The first-order valence-electron chi connectivity index (χ1n) is 14.0. The zero-order chi connectivity index (χ0) is 30.9. The number of fused-ring (bicyclic) bond motifs is 1. The van der Waals surface area contributed by atoms with Crippen LogP contribution >= 0.6 is 10.8 Å². The Morgan fingerprint density at radius 1 is 1.16 bits per heavy atom. The lowest BCUT2D eigenvalue weighted by molar-refractivity contribution is 0.0963. The van der Waals surface area contributed by atoms with Gasteiger partial charge in [0.25, 0.3) is 5.91 Å². The lowest BCUT2D eigenvalue weighted by Crippen LogP contribution is -2.38. The Bertz CT molecular complexity index is 1730. The van der Waals surface area contributed by atoms with Crippen LogP contribution in [0, 0.1) is 0 Å². The third-order valence-corrected chi connectivity index (χ3v) is 10.8. The zero-order valence-corrected chi connectivity index (χ0v) is 26.0. The summed E-state index contributed by atoms with van der Waals surface area (Å²) in [5.41, 5.74) is 3.56. The van der Waals surface area contributed by atoms with Crippen molar-refractivity contribution in [3.8, 4) is 0 Å². The lowest BCUT2D eigenvalue weighted by Gasteiger charge is -2.36. The number of anilines is 1. The highest BCUT2D eigenvalue weighted by atomic mass is 32.3. The maximum absolute atomic E-state index is 13.8. The number of halogens is 1. The topological polar surface area (TPSA) is 129 Å². The third kappa shape index (κ3) is 6.58. The summed E-state index contributed by atoms with van der Waals surface area (Å²) in [6.45, 7) is 0.591. The van der Waals surface area contributed by atoms with Crippen LogP contribution in [0.15, 0.2) is 70.3 Å². The van der Waals surface area contributed by atoms with E-state index in [-0.39, 0.29) is 30.6 Å². The van der Waals surface area contributed by atoms with E-state index in [0.29, 0.717) is 59.4 Å². The molecule has 0 radical (unpaired) electrons. The summed E-state index contributed by atoms with van der Waals surface area (Å²) in [6, 6.07) is 12.8. The molecule has 0 unspecified atom stereocenters. The first-order chi connectivity index (χ1) is 20.4. The van der Waals surface area contributed by atoms with Crippen molar-refractivity contribution in [3.63, 3.8) is 0 Å². The molecule has 43 heavy (non-hydrogen) atoms. The molecule has 0 saturated carbocycles. The van der Waals surface area contributed by atoms with Crippen molar-refractivity contribution >= 4 is 55.0 Å². The first-order valence-corrected chi connectivity index (χ1v) is 17.5. The summed E-state index contributed by atoms with van der Waals surface area (Å²) in [5, 5.41) is 4.47. The van der Waals surface area contributed by atoms with Crippen molar-refractivity contribution in [2.45, 2.75) is 31.6 Å². The van der Waals surface area contributed by atoms with Gasteiger partial charge in [-0.15, -0.1) is 0 Å². The van der Waals surface area contributed by atoms with Gasteiger partial charge in [-0.3, -0.25) is 13.9 Å². The Hall–Kier alpha value is -3.42. The second-order valence-electron chi connectivity index (χ2n) is 10.9. The summed E-state index contributed by atoms with van der Waals surface area (Å²) in [7, 11) is -3.22. The number of furan rings is 1. The standard InChI is InChI=1S/C31H36FN3O6S2/c1-33-31(36)29-26-18-25(23-10-7-16-35(20-23)43(39,40)17-15-21-8-5-4-6-9-21)27(34(2)42(3,37)38)19-28(26)41-30(29)22-11-13-24(32)14-12-22/h4-6,8-9,11,13,15,17-19,23,37-38H,7,10,12,14,16,20H2,1-3H3,(H,33,36)/p+2/b17-15+/t23-/m0/s1. The van der Waals surface area contributed by atoms with Crippen molar-refractivity contribution in [2.24, 2.45) is 0 Å². The number of nitrogens with one attached hydrogen (secondary N) is 1. The van der Waals surface area contributed by atoms with E-state index < -0.39 is 20.8 Å². The van der Waals surface area contributed by atoms with Crippen LogP contribution in [0.2, 0.25) is 0 Å². The molecule has 0 spiro atoms. The quantitative estimate of drug-likeness (QED) is 0.347. The maximum atomic E-state index is 13.8. The molecule has 1 saturated heterocycles. The maximum Gasteiger partial charge on any atom is 0.255 e. The van der Waals surface area contributed by atoms with E-state index in [0.717, 1.165) is 11.1 Å². The molecule has 3 aromatic rings. The van der Waals surface area contributed by atoms with Crippen LogP contribution in [0.5, 0.6) is 0 Å². The predicted molar refractivity (Wildman–Crippen MR) is 173 cm³/mol. The molecule has 12 heteroatoms. The van der Waals surface area contributed by atoms with Gasteiger partial charge in [0.1, 0.15) is 23.4 Å². The number of sulfonamides is 1. The number of rotatable bonds is 8. The molecule has 1 atom stereocenters. The number of nitrogens with zero attached hydrogens (tertiary/aromatic N) is 2. The average Bonchev–Trinajstić information content (AvgIpc) is 3.37. The molecule has 5 rings (SSSR count). The minimum Gasteiger partial charge on any atom is -0.455 e. The molecule has 9 nitrogen and oxygen atoms in total. The van der Waals surface area contributed by atoms with Crippen LogP contribution in [0.1, 0.15) is 58.8 Å². The number of carbonyl (C=O) groups is 1. The lowest BCUT2D eigenvalue weighted by atomic mass is 9.88. The largest absolute Gasteiger partial charge is 0.455 e. The van der Waals surface area contributed by atoms with E-state index in [9.17, 15) is 17.6 Å². The molecule has 2 aliphatic rings. The van der Waals surface area contributed by atoms with E-state index in [1.165, 1.54) is 29.1 Å². The second-order valence-corrected chi connectivity index (χ2v) is 15.0. The van der Waals surface area contributed by atoms with Gasteiger partial charge in [0.2, 0.25) is 10.0 Å². The Labute approximate surface area is 252 Å². The van der Waals surface area contributed by atoms with Crippen molar-refractivity contribution in [1.29, 1.82) is 0 Å². The second kappa shape index (κ2) is 12.3. The van der Waals surface area contributed by atoms with Gasteiger partial charge < -0.3 is 9.73 Å². The minimum absolute atomic E-state index is 0.208. The van der Waals surface area contributed by atoms with Crippen LogP contribution < -0.4 is 9.62 Å². The highest BCUT2D eigenvalue weighted by Crippen LogP contribution is 2.48. The minimum atomic E-state index is -3.72. The zero-order valence-electron chi connectivity index (χ0n) is 24.4. The van der Waals surface area contributed by atoms with Gasteiger partial charge >= 0.3 is 0 Å². The van der Waals surface area contributed by atoms with E-state index in [1.807, 2.05) is 36.4 Å². The normalized spacial score (nSPS) is 18.9. The van der Waals surface area contributed by atoms with Gasteiger partial charge in [-0.2, -0.15) is 4.31 Å². The molecule has 5 N–H and O–H groups in total. The van der Waals surface area contributed by atoms with Crippen LogP contribution in [-0.2, 0) is 10.0 Å². The van der Waals surface area contributed by atoms with Crippen molar-refractivity contribution in [2.75, 3.05) is 37.7 Å². The number of benzene rings is 2. The van der Waals surface area contributed by atoms with Gasteiger partial charge in [-0.05, 0) is 60.1 Å². The molecule has 0 bridgehead atoms. The molecular formula is C31H38FN3O6S2+2. The average molecular weight is 632 g/mol. The molecule has 2 heterocycles. The number of piperidine rings is 1. The number of carbonyl (C=O) groups excluding carboxylic acids is 1. The molecular weight excluding hydrogens is 593 g/mol. The molecule has 230 valence electrons. The number of amides is 1. The van der Waals surface area contributed by atoms with Gasteiger partial charge in [0.05, 0.1) is 22.0 Å². The van der Waals surface area contributed by atoms with Crippen LogP contribution in [0.3, 0.4) is 0 Å². The number of allylic oxidation sites excluding steroid dienone is 4. The molecule has 1 aliphatic heterocycles. The fourth-order valence-corrected chi connectivity index (χ4v) is 7.39. The molecule has 1 aromatic heterocycles. The number of hydrogen-bond donors (Lipinski definition) is 1. The molecule has 1 aliphatic carbocycles. The van der Waals surface area contributed by atoms with Crippen molar-refractivity contribution in [3.05, 3.63) is 88.3 Å². The van der Waals surface area contributed by atoms with E-state index >= 15 is 0 Å². The Morgan fingerprint density at radius 2 is 1.91 bits per heavy atom. The summed E-state index contributed by atoms with van der Waals surface area (Å²) in [5.74, 6) is -0.489. The fourth-order valence-electron chi connectivity index (χ4n) is 5.57. The molecule has 1 fully saturated rings. The monoisotopic (exact) mass is 631 g/mol. The Morgan fingerprint density at radius 3 is 2.56 bits per heavy atom. The first kappa shape index (κ1) is 31.0. The van der Waals surface area contributed by atoms with E-state index in [4.69, 9.17) is 13.5 Å². The van der Waals surface area contributed by atoms with Gasteiger partial charge in [-0.1, -0.05) is 36.4 Å². The van der Waals surface area contributed by atoms with Gasteiger partial charge in [0, 0.05) is 50.5 Å². The van der Waals surface area contributed by atoms with Gasteiger partial charge in [-0.25, -0.2) is 17.1 Å². The Kier molecular flexibility index (Phi) is 8.87. The van der Waals surface area contributed by atoms with Crippen LogP contribution in [0.25, 0.3) is 22.6 Å². The third-order valence-electron chi connectivity index (χ3n) is 7.98. The summed E-state index contributed by atoms with van der Waals surface area (Å²) in [4.78, 5) is 13.2. The molecule has 1 amide bonds. The highest BCUT2D eigenvalue weighted by molar-refractivity contribution is 8.24. The number of hydrogen-bond acceptors (Lipinski definition) is 5. The highest BCUT2D eigenvalue weighted by Gasteiger charge is 2.34.